The number of hydrogen-bond acceptors (Lipinski definition) is 4. The van der Waals surface area contributed by atoms with Gasteiger partial charge < -0.3 is 14.0 Å². The molecule has 5 nitrogen and oxygen atoms in total. The zero-order chi connectivity index (χ0) is 15.8. The van der Waals surface area contributed by atoms with Crippen molar-refractivity contribution in [1.82, 2.24) is 4.57 Å². The van der Waals surface area contributed by atoms with Crippen molar-refractivity contribution in [1.29, 1.82) is 0 Å². The van der Waals surface area contributed by atoms with Crippen molar-refractivity contribution in [2.45, 2.75) is 19.8 Å². The summed E-state index contributed by atoms with van der Waals surface area (Å²) in [6.07, 6.45) is 2.87. The lowest BCUT2D eigenvalue weighted by atomic mass is 10.3. The first-order valence-corrected chi connectivity index (χ1v) is 8.11. The van der Waals surface area contributed by atoms with Gasteiger partial charge in [-0.3, -0.25) is 4.79 Å². The van der Waals surface area contributed by atoms with Crippen LogP contribution in [0.25, 0.3) is 0 Å². The fourth-order valence-electron chi connectivity index (χ4n) is 1.85. The van der Waals surface area contributed by atoms with Crippen molar-refractivity contribution in [3.05, 3.63) is 40.6 Å². The molecule has 0 N–H and O–H groups in total. The molecule has 0 aliphatic heterocycles. The first-order chi connectivity index (χ1) is 10.7. The molecule has 6 heteroatoms. The Morgan fingerprint density at radius 2 is 2.00 bits per heavy atom. The first kappa shape index (κ1) is 16.3. The lowest BCUT2D eigenvalue weighted by Gasteiger charge is -2.10. The third-order valence-electron chi connectivity index (χ3n) is 2.92. The minimum atomic E-state index is -0.125. The maximum atomic E-state index is 11.8. The van der Waals surface area contributed by atoms with Crippen molar-refractivity contribution < 1.29 is 14.3 Å². The van der Waals surface area contributed by atoms with E-state index in [1.165, 1.54) is 11.3 Å². The van der Waals surface area contributed by atoms with Crippen LogP contribution in [0.1, 0.15) is 19.8 Å². The Morgan fingerprint density at radius 3 is 2.64 bits per heavy atom. The third-order valence-corrected chi connectivity index (χ3v) is 3.77. The summed E-state index contributed by atoms with van der Waals surface area (Å²) in [7, 11) is 1.87. The molecule has 0 spiro atoms. The molecule has 2 aromatic rings. The molecule has 1 aromatic heterocycles. The molecule has 0 unspecified atom stereocenters. The van der Waals surface area contributed by atoms with Gasteiger partial charge in [-0.05, 0) is 25.5 Å². The predicted molar refractivity (Wildman–Crippen MR) is 86.2 cm³/mol. The maximum Gasteiger partial charge on any atom is 0.248 e. The summed E-state index contributed by atoms with van der Waals surface area (Å²) in [6.45, 7) is 2.99. The lowest BCUT2D eigenvalue weighted by molar-refractivity contribution is -0.118. The van der Waals surface area contributed by atoms with E-state index in [0.29, 0.717) is 36.6 Å². The zero-order valence-electron chi connectivity index (χ0n) is 12.8. The van der Waals surface area contributed by atoms with E-state index >= 15 is 0 Å². The quantitative estimate of drug-likeness (QED) is 0.737. The van der Waals surface area contributed by atoms with Crippen molar-refractivity contribution in [3.8, 4) is 11.5 Å². The second-order valence-corrected chi connectivity index (χ2v) is 5.51. The van der Waals surface area contributed by atoms with Crippen LogP contribution in [-0.4, -0.2) is 23.7 Å². The van der Waals surface area contributed by atoms with E-state index in [4.69, 9.17) is 9.47 Å². The molecule has 0 bridgehead atoms. The highest BCUT2D eigenvalue weighted by molar-refractivity contribution is 7.07. The fraction of sp³-hybridized carbons (Fsp3) is 0.375. The van der Waals surface area contributed by atoms with Gasteiger partial charge in [0.2, 0.25) is 5.91 Å². The van der Waals surface area contributed by atoms with Crippen molar-refractivity contribution >= 4 is 17.2 Å². The monoisotopic (exact) mass is 320 g/mol. The molecule has 0 atom stereocenters. The Bertz CT molecular complexity index is 676. The highest BCUT2D eigenvalue weighted by atomic mass is 32.1. The van der Waals surface area contributed by atoms with E-state index in [1.54, 1.807) is 0 Å². The van der Waals surface area contributed by atoms with Crippen LogP contribution in [0.2, 0.25) is 0 Å². The van der Waals surface area contributed by atoms with Crippen LogP contribution in [0.4, 0.5) is 0 Å². The Kier molecular flexibility index (Phi) is 6.21. The van der Waals surface area contributed by atoms with Gasteiger partial charge in [0.05, 0.1) is 13.2 Å². The van der Waals surface area contributed by atoms with E-state index in [9.17, 15) is 4.79 Å². The van der Waals surface area contributed by atoms with E-state index in [0.717, 1.165) is 5.75 Å². The van der Waals surface area contributed by atoms with Gasteiger partial charge in [-0.2, -0.15) is 4.99 Å². The number of para-hydroxylation sites is 2. The molecule has 0 aliphatic rings. The molecule has 0 fully saturated rings. The summed E-state index contributed by atoms with van der Waals surface area (Å²) in [6, 6.07) is 7.54. The topological polar surface area (TPSA) is 52.8 Å². The van der Waals surface area contributed by atoms with Crippen LogP contribution in [0, 0.1) is 0 Å². The zero-order valence-corrected chi connectivity index (χ0v) is 13.6. The van der Waals surface area contributed by atoms with Gasteiger partial charge in [0, 0.05) is 25.0 Å². The summed E-state index contributed by atoms with van der Waals surface area (Å²) < 4.78 is 13.0. The number of benzene rings is 1. The number of carbonyl (C=O) groups is 1. The summed E-state index contributed by atoms with van der Waals surface area (Å²) in [4.78, 5) is 16.6. The van der Waals surface area contributed by atoms with Gasteiger partial charge in [-0.25, -0.2) is 0 Å². The van der Waals surface area contributed by atoms with Crippen LogP contribution < -0.4 is 14.3 Å². The Hall–Kier alpha value is -2.08. The van der Waals surface area contributed by atoms with E-state index < -0.39 is 0 Å². The highest BCUT2D eigenvalue weighted by Crippen LogP contribution is 2.26. The number of carbonyl (C=O) groups excluding carboxylic acids is 1. The summed E-state index contributed by atoms with van der Waals surface area (Å²) in [5.74, 6) is 1.31. The summed E-state index contributed by atoms with van der Waals surface area (Å²) >= 11 is 1.45. The van der Waals surface area contributed by atoms with Gasteiger partial charge >= 0.3 is 0 Å². The average Bonchev–Trinajstić information content (AvgIpc) is 2.91. The summed E-state index contributed by atoms with van der Waals surface area (Å²) in [5, 5.41) is 1.90. The SMILES string of the molecule is CCOc1ccccc1OCCCC(=O)N=c1sccn1C. The molecule has 22 heavy (non-hydrogen) atoms. The third kappa shape index (κ3) is 4.73. The van der Waals surface area contributed by atoms with E-state index in [2.05, 4.69) is 4.99 Å². The molecular weight excluding hydrogens is 300 g/mol. The lowest BCUT2D eigenvalue weighted by Crippen LogP contribution is -2.13. The number of nitrogens with zero attached hydrogens (tertiary/aromatic N) is 2. The minimum Gasteiger partial charge on any atom is -0.490 e. The molecule has 1 heterocycles. The van der Waals surface area contributed by atoms with E-state index in [-0.39, 0.29) is 5.91 Å². The second-order valence-electron chi connectivity index (χ2n) is 4.63. The van der Waals surface area contributed by atoms with Crippen LogP contribution >= 0.6 is 11.3 Å². The van der Waals surface area contributed by atoms with Gasteiger partial charge in [-0.1, -0.05) is 12.1 Å². The first-order valence-electron chi connectivity index (χ1n) is 7.23. The minimum absolute atomic E-state index is 0.125. The van der Waals surface area contributed by atoms with E-state index in [1.807, 2.05) is 54.4 Å². The Morgan fingerprint density at radius 1 is 1.27 bits per heavy atom. The molecule has 1 aromatic carbocycles. The molecule has 2 rings (SSSR count). The predicted octanol–water partition coefficient (Wildman–Crippen LogP) is 2.77. The molecule has 118 valence electrons. The van der Waals surface area contributed by atoms with Crippen molar-refractivity contribution in [3.63, 3.8) is 0 Å². The Balaban J connectivity index is 1.80. The number of aromatic nitrogens is 1. The number of amides is 1. The molecule has 1 amide bonds. The molecule has 0 saturated carbocycles. The smallest absolute Gasteiger partial charge is 0.248 e. The van der Waals surface area contributed by atoms with Crippen LogP contribution in [0.5, 0.6) is 11.5 Å². The molecule has 0 aliphatic carbocycles. The highest BCUT2D eigenvalue weighted by Gasteiger charge is 2.04. The fourth-order valence-corrected chi connectivity index (χ4v) is 2.59. The molecule has 0 saturated heterocycles. The molecular formula is C16H20N2O3S. The van der Waals surface area contributed by atoms with Crippen LogP contribution in [0.15, 0.2) is 40.8 Å². The van der Waals surface area contributed by atoms with Gasteiger partial charge in [-0.15, -0.1) is 11.3 Å². The van der Waals surface area contributed by atoms with Crippen LogP contribution in [-0.2, 0) is 11.8 Å². The number of ether oxygens (including phenoxy) is 2. The second kappa shape index (κ2) is 8.38. The largest absolute Gasteiger partial charge is 0.490 e. The standard InChI is InChI=1S/C16H20N2O3S/c1-3-20-13-7-4-5-8-14(13)21-11-6-9-15(19)17-16-18(2)10-12-22-16/h4-5,7-8,10,12H,3,6,9,11H2,1-2H3. The number of hydrogen-bond donors (Lipinski definition) is 0. The normalized spacial score (nSPS) is 11.5. The molecule has 0 radical (unpaired) electrons. The van der Waals surface area contributed by atoms with Crippen molar-refractivity contribution in [2.24, 2.45) is 12.0 Å². The van der Waals surface area contributed by atoms with Crippen LogP contribution in [0.3, 0.4) is 0 Å². The van der Waals surface area contributed by atoms with Gasteiger partial charge in [0.1, 0.15) is 0 Å². The van der Waals surface area contributed by atoms with Crippen molar-refractivity contribution in [2.75, 3.05) is 13.2 Å². The van der Waals surface area contributed by atoms with Gasteiger partial charge in [0.25, 0.3) is 0 Å². The number of rotatable bonds is 7. The number of aryl methyl sites for hydroxylation is 1. The number of thiazole rings is 1. The average molecular weight is 320 g/mol. The Labute approximate surface area is 133 Å². The van der Waals surface area contributed by atoms with Gasteiger partial charge in [0.15, 0.2) is 16.3 Å². The maximum absolute atomic E-state index is 11.8. The summed E-state index contributed by atoms with van der Waals surface area (Å²) in [5.41, 5.74) is 0.